The van der Waals surface area contributed by atoms with Crippen LogP contribution in [0.3, 0.4) is 0 Å². The van der Waals surface area contributed by atoms with Crippen LogP contribution in [-0.2, 0) is 19.4 Å². The van der Waals surface area contributed by atoms with E-state index >= 15 is 0 Å². The van der Waals surface area contributed by atoms with Gasteiger partial charge in [0.15, 0.2) is 9.84 Å². The van der Waals surface area contributed by atoms with E-state index in [2.05, 4.69) is 5.32 Å². The molecule has 1 saturated heterocycles. The second-order valence-electron chi connectivity index (χ2n) is 6.89. The molecule has 1 aliphatic rings. The number of hydrogen-bond donors (Lipinski definition) is 1. The van der Waals surface area contributed by atoms with Gasteiger partial charge in [-0.15, -0.1) is 0 Å². The van der Waals surface area contributed by atoms with Gasteiger partial charge in [0.2, 0.25) is 5.91 Å². The van der Waals surface area contributed by atoms with Gasteiger partial charge in [-0.25, -0.2) is 8.42 Å². The molecular formula is C20H26N2O5S2. The largest absolute Gasteiger partial charge is 0.353 e. The third kappa shape index (κ3) is 7.32. The van der Waals surface area contributed by atoms with Crippen LogP contribution in [0.5, 0.6) is 0 Å². The van der Waals surface area contributed by atoms with Gasteiger partial charge in [0.25, 0.3) is 11.1 Å². The quantitative estimate of drug-likeness (QED) is 0.445. The number of unbranched alkanes of at least 4 members (excludes halogenated alkanes) is 2. The number of aryl methyl sites for hydroxylation is 1. The molecule has 0 aliphatic carbocycles. The van der Waals surface area contributed by atoms with E-state index < -0.39 is 32.6 Å². The summed E-state index contributed by atoms with van der Waals surface area (Å²) in [4.78, 5) is 37.8. The summed E-state index contributed by atoms with van der Waals surface area (Å²) >= 11 is 0.851. The second-order valence-corrected chi connectivity index (χ2v) is 10.1. The summed E-state index contributed by atoms with van der Waals surface area (Å²) in [6.07, 6.45) is 3.90. The number of nitrogens with one attached hydrogen (secondary N) is 1. The molecule has 2 rings (SSSR count). The third-order valence-electron chi connectivity index (χ3n) is 4.32. The Morgan fingerprint density at radius 2 is 1.86 bits per heavy atom. The average Bonchev–Trinajstić information content (AvgIpc) is 2.90. The van der Waals surface area contributed by atoms with Crippen LogP contribution >= 0.6 is 11.8 Å². The number of carbonyl (C=O) groups is 3. The zero-order chi connectivity index (χ0) is 21.4. The predicted molar refractivity (Wildman–Crippen MR) is 115 cm³/mol. The van der Waals surface area contributed by atoms with E-state index in [1.54, 1.807) is 6.08 Å². The number of carbonyl (C=O) groups excluding carboxylic acids is 3. The van der Waals surface area contributed by atoms with Crippen LogP contribution in [0.2, 0.25) is 0 Å². The molecule has 0 radical (unpaired) electrons. The van der Waals surface area contributed by atoms with Gasteiger partial charge in [-0.2, -0.15) is 0 Å². The van der Waals surface area contributed by atoms with Crippen LogP contribution in [-0.4, -0.2) is 55.0 Å². The molecule has 1 aromatic carbocycles. The smallest absolute Gasteiger partial charge is 0.293 e. The Hall–Kier alpha value is -2.13. The van der Waals surface area contributed by atoms with Crippen molar-refractivity contribution in [3.63, 3.8) is 0 Å². The number of benzene rings is 1. The molecular weight excluding hydrogens is 412 g/mol. The molecule has 158 valence electrons. The Labute approximate surface area is 175 Å². The van der Waals surface area contributed by atoms with E-state index in [1.165, 1.54) is 0 Å². The summed E-state index contributed by atoms with van der Waals surface area (Å²) < 4.78 is 23.8. The molecule has 7 nitrogen and oxygen atoms in total. The predicted octanol–water partition coefficient (Wildman–Crippen LogP) is 2.75. The maximum absolute atomic E-state index is 12.4. The molecule has 0 atom stereocenters. The molecule has 0 saturated carbocycles. The topological polar surface area (TPSA) is 101 Å². The van der Waals surface area contributed by atoms with E-state index in [1.807, 2.05) is 38.1 Å². The first kappa shape index (κ1) is 23.2. The van der Waals surface area contributed by atoms with E-state index in [0.717, 1.165) is 40.6 Å². The van der Waals surface area contributed by atoms with Crippen molar-refractivity contribution >= 4 is 44.7 Å². The fourth-order valence-electron chi connectivity index (χ4n) is 2.71. The van der Waals surface area contributed by atoms with Crippen molar-refractivity contribution in [1.29, 1.82) is 0 Å². The van der Waals surface area contributed by atoms with Crippen molar-refractivity contribution in [3.05, 3.63) is 40.3 Å². The third-order valence-corrected chi connectivity index (χ3v) is 6.84. The lowest BCUT2D eigenvalue weighted by atomic mass is 10.1. The molecule has 1 N–H and O–H groups in total. The van der Waals surface area contributed by atoms with Crippen LogP contribution in [0.15, 0.2) is 29.2 Å². The standard InChI is InChI=1S/C20H26N2O5S2/c1-3-4-5-12-29(26,27)14-18(23)21-10-11-22-19(24)17(28-20(22)25)13-16-8-6-15(2)7-9-16/h6-9,13H,3-5,10-12,14H2,1-2H3,(H,21,23)/b17-13+. The Morgan fingerprint density at radius 1 is 1.17 bits per heavy atom. The Morgan fingerprint density at radius 3 is 2.52 bits per heavy atom. The van der Waals surface area contributed by atoms with Gasteiger partial charge in [0.05, 0.1) is 10.7 Å². The molecule has 0 aromatic heterocycles. The first-order valence-corrected chi connectivity index (χ1v) is 12.1. The Bertz CT molecular complexity index is 892. The van der Waals surface area contributed by atoms with E-state index in [4.69, 9.17) is 0 Å². The lowest BCUT2D eigenvalue weighted by Gasteiger charge is -2.13. The number of rotatable bonds is 10. The van der Waals surface area contributed by atoms with Crippen molar-refractivity contribution in [2.75, 3.05) is 24.6 Å². The van der Waals surface area contributed by atoms with Crippen LogP contribution in [0.25, 0.3) is 6.08 Å². The number of amides is 3. The SMILES string of the molecule is CCCCCS(=O)(=O)CC(=O)NCCN1C(=O)S/C(=C/c2ccc(C)cc2)C1=O. The van der Waals surface area contributed by atoms with Gasteiger partial charge in [-0.05, 0) is 36.7 Å². The molecule has 3 amide bonds. The zero-order valence-electron chi connectivity index (χ0n) is 16.6. The van der Waals surface area contributed by atoms with E-state index in [-0.39, 0.29) is 18.8 Å². The van der Waals surface area contributed by atoms with Gasteiger partial charge in [0.1, 0.15) is 5.75 Å². The molecule has 29 heavy (non-hydrogen) atoms. The van der Waals surface area contributed by atoms with Gasteiger partial charge in [-0.1, -0.05) is 49.6 Å². The highest BCUT2D eigenvalue weighted by Crippen LogP contribution is 2.31. The number of hydrogen-bond acceptors (Lipinski definition) is 6. The summed E-state index contributed by atoms with van der Waals surface area (Å²) in [5, 5.41) is 2.07. The number of sulfone groups is 1. The van der Waals surface area contributed by atoms with Gasteiger partial charge >= 0.3 is 0 Å². The minimum atomic E-state index is -3.44. The summed E-state index contributed by atoms with van der Waals surface area (Å²) in [6, 6.07) is 7.57. The van der Waals surface area contributed by atoms with Crippen LogP contribution in [0.4, 0.5) is 4.79 Å². The number of thioether (sulfide) groups is 1. The molecule has 1 aliphatic heterocycles. The van der Waals surface area contributed by atoms with Gasteiger partial charge < -0.3 is 5.32 Å². The first-order valence-electron chi connectivity index (χ1n) is 9.51. The fraction of sp³-hybridized carbons (Fsp3) is 0.450. The monoisotopic (exact) mass is 438 g/mol. The van der Waals surface area contributed by atoms with Crippen molar-refractivity contribution < 1.29 is 22.8 Å². The summed E-state index contributed by atoms with van der Waals surface area (Å²) in [5.74, 6) is -1.63. The molecule has 1 fully saturated rings. The van der Waals surface area contributed by atoms with Gasteiger partial charge in [0, 0.05) is 13.1 Å². The minimum Gasteiger partial charge on any atom is -0.353 e. The van der Waals surface area contributed by atoms with Gasteiger partial charge in [-0.3, -0.25) is 19.3 Å². The summed E-state index contributed by atoms with van der Waals surface area (Å²) in [6.45, 7) is 3.94. The second kappa shape index (κ2) is 10.6. The first-order chi connectivity index (χ1) is 13.7. The van der Waals surface area contributed by atoms with Crippen molar-refractivity contribution in [2.24, 2.45) is 0 Å². The highest BCUT2D eigenvalue weighted by molar-refractivity contribution is 8.18. The summed E-state index contributed by atoms with van der Waals surface area (Å²) in [5.41, 5.74) is 1.92. The highest BCUT2D eigenvalue weighted by Gasteiger charge is 2.34. The van der Waals surface area contributed by atoms with Crippen LogP contribution in [0.1, 0.15) is 37.3 Å². The van der Waals surface area contributed by atoms with E-state index in [9.17, 15) is 22.8 Å². The molecule has 0 spiro atoms. The lowest BCUT2D eigenvalue weighted by Crippen LogP contribution is -2.39. The fourth-order valence-corrected chi connectivity index (χ4v) is 4.86. The normalized spacial score (nSPS) is 15.9. The number of nitrogens with zero attached hydrogens (tertiary/aromatic N) is 1. The summed E-state index contributed by atoms with van der Waals surface area (Å²) in [7, 11) is -3.44. The maximum Gasteiger partial charge on any atom is 0.293 e. The highest BCUT2D eigenvalue weighted by atomic mass is 32.2. The molecule has 0 unspecified atom stereocenters. The number of imide groups is 1. The van der Waals surface area contributed by atoms with E-state index in [0.29, 0.717) is 11.3 Å². The molecule has 9 heteroatoms. The van der Waals surface area contributed by atoms with Crippen LogP contribution in [0, 0.1) is 6.92 Å². The maximum atomic E-state index is 12.4. The molecule has 1 aromatic rings. The van der Waals surface area contributed by atoms with Crippen molar-refractivity contribution in [3.8, 4) is 0 Å². The Kier molecular flexibility index (Phi) is 8.45. The lowest BCUT2D eigenvalue weighted by molar-refractivity contribution is -0.123. The molecule has 1 heterocycles. The average molecular weight is 439 g/mol. The Balaban J connectivity index is 1.84. The molecule has 0 bridgehead atoms. The van der Waals surface area contributed by atoms with Crippen LogP contribution < -0.4 is 5.32 Å². The van der Waals surface area contributed by atoms with Crippen molar-refractivity contribution in [2.45, 2.75) is 33.1 Å². The zero-order valence-corrected chi connectivity index (χ0v) is 18.3. The van der Waals surface area contributed by atoms with Crippen molar-refractivity contribution in [1.82, 2.24) is 10.2 Å². The minimum absolute atomic E-state index is 0.00245.